The van der Waals surface area contributed by atoms with Gasteiger partial charge in [0.25, 0.3) is 0 Å². The van der Waals surface area contributed by atoms with E-state index in [4.69, 9.17) is 14.6 Å². The van der Waals surface area contributed by atoms with Gasteiger partial charge in [-0.05, 0) is 72.6 Å². The highest BCUT2D eigenvalue weighted by atomic mass is 32.2. The van der Waals surface area contributed by atoms with Crippen LogP contribution in [0, 0.1) is 23.7 Å². The molecule has 2 aromatic carbocycles. The van der Waals surface area contributed by atoms with E-state index < -0.39 is 17.7 Å². The van der Waals surface area contributed by atoms with Crippen LogP contribution in [0.5, 0.6) is 0 Å². The fourth-order valence-corrected chi connectivity index (χ4v) is 8.32. The summed E-state index contributed by atoms with van der Waals surface area (Å²) in [5.74, 6) is 1.89. The van der Waals surface area contributed by atoms with Gasteiger partial charge in [0.05, 0.1) is 25.0 Å². The minimum atomic E-state index is -0.826. The molecule has 3 aliphatic rings. The van der Waals surface area contributed by atoms with Crippen molar-refractivity contribution in [3.63, 3.8) is 0 Å². The Morgan fingerprint density at radius 2 is 1.33 bits per heavy atom. The molecule has 1 fully saturated rings. The van der Waals surface area contributed by atoms with Gasteiger partial charge in [-0.15, -0.1) is 0 Å². The van der Waals surface area contributed by atoms with Crippen LogP contribution in [0.25, 0.3) is 0 Å². The zero-order chi connectivity index (χ0) is 32.9. The lowest BCUT2D eigenvalue weighted by Crippen LogP contribution is -2.39. The fourth-order valence-electron chi connectivity index (χ4n) is 7.49. The Bertz CT molecular complexity index is 1450. The van der Waals surface area contributed by atoms with Crippen molar-refractivity contribution in [2.75, 3.05) is 18.1 Å². The number of allylic oxidation sites excluding steroid dienone is 8. The van der Waals surface area contributed by atoms with Crippen molar-refractivity contribution in [2.24, 2.45) is 23.7 Å². The van der Waals surface area contributed by atoms with Crippen LogP contribution in [0.15, 0.2) is 97.1 Å². The van der Waals surface area contributed by atoms with E-state index in [1.54, 1.807) is 0 Å². The molecule has 3 aliphatic carbocycles. The Hall–Kier alpha value is -3.35. The van der Waals surface area contributed by atoms with E-state index in [-0.39, 0.29) is 30.8 Å². The van der Waals surface area contributed by atoms with Gasteiger partial charge in [0, 0.05) is 16.9 Å². The summed E-state index contributed by atoms with van der Waals surface area (Å²) in [6, 6.07) is 18.4. The van der Waals surface area contributed by atoms with Crippen LogP contribution in [0.2, 0.25) is 0 Å². The molecule has 1 N–H and O–H groups in total. The Balaban J connectivity index is 1.34. The molecule has 5 rings (SSSR count). The highest BCUT2D eigenvalue weighted by Crippen LogP contribution is 2.62. The van der Waals surface area contributed by atoms with Crippen molar-refractivity contribution >= 4 is 23.7 Å². The van der Waals surface area contributed by atoms with E-state index in [2.05, 4.69) is 125 Å². The molecule has 5 unspecified atom stereocenters. The van der Waals surface area contributed by atoms with Crippen molar-refractivity contribution in [3.05, 3.63) is 119 Å². The monoisotopic (exact) mass is 640 g/mol. The number of esters is 1. The zero-order valence-electron chi connectivity index (χ0n) is 27.7. The molecule has 0 bridgehead atoms. The Morgan fingerprint density at radius 3 is 1.87 bits per heavy atom. The summed E-state index contributed by atoms with van der Waals surface area (Å²) in [6.07, 6.45) is 18.5. The number of carbonyl (C=O) groups excluding carboxylic acids is 1. The first-order valence-electron chi connectivity index (χ1n) is 16.6. The maximum atomic E-state index is 12.3. The second-order valence-corrected chi connectivity index (χ2v) is 14.8. The average molecular weight is 641 g/mol. The third-order valence-electron chi connectivity index (χ3n) is 9.89. The molecule has 0 aromatic heterocycles. The summed E-state index contributed by atoms with van der Waals surface area (Å²) in [6.45, 7) is 10.7. The lowest BCUT2D eigenvalue weighted by atomic mass is 9.60. The quantitative estimate of drug-likeness (QED) is 0.165. The number of benzene rings is 2. The lowest BCUT2D eigenvalue weighted by Gasteiger charge is -2.42. The fraction of sp³-hybridized carbons (Fsp3) is 0.450. The lowest BCUT2D eigenvalue weighted by molar-refractivity contribution is -0.154. The van der Waals surface area contributed by atoms with Gasteiger partial charge < -0.3 is 14.6 Å². The first-order chi connectivity index (χ1) is 22.0. The number of aliphatic carboxylic acids is 1. The summed E-state index contributed by atoms with van der Waals surface area (Å²) >= 11 is 1.45. The smallest absolute Gasteiger partial charge is 0.306 e. The molecule has 0 radical (unpaired) electrons. The summed E-state index contributed by atoms with van der Waals surface area (Å²) in [5, 5.41) is 8.75. The van der Waals surface area contributed by atoms with E-state index >= 15 is 0 Å². The van der Waals surface area contributed by atoms with Gasteiger partial charge in [-0.1, -0.05) is 111 Å². The van der Waals surface area contributed by atoms with Gasteiger partial charge in [0.1, 0.15) is 6.10 Å². The first kappa shape index (κ1) is 34.0. The van der Waals surface area contributed by atoms with E-state index in [1.807, 2.05) is 6.92 Å². The van der Waals surface area contributed by atoms with E-state index in [9.17, 15) is 9.59 Å². The van der Waals surface area contributed by atoms with E-state index in [0.717, 1.165) is 5.56 Å². The number of hydrogen-bond donors (Lipinski definition) is 1. The van der Waals surface area contributed by atoms with Crippen molar-refractivity contribution in [1.82, 2.24) is 0 Å². The number of carboxylic acid groups (broad SMARTS) is 1. The summed E-state index contributed by atoms with van der Waals surface area (Å²) in [4.78, 5) is 22.9. The van der Waals surface area contributed by atoms with Crippen molar-refractivity contribution in [2.45, 2.75) is 70.5 Å². The second kappa shape index (κ2) is 14.6. The molecule has 6 heteroatoms. The molecule has 0 spiro atoms. The van der Waals surface area contributed by atoms with Crippen LogP contribution < -0.4 is 0 Å². The molecule has 5 nitrogen and oxygen atoms in total. The summed E-state index contributed by atoms with van der Waals surface area (Å²) in [7, 11) is 0. The molecule has 244 valence electrons. The van der Waals surface area contributed by atoms with Crippen molar-refractivity contribution < 1.29 is 24.2 Å². The second-order valence-electron chi connectivity index (χ2n) is 13.6. The number of hydrogen-bond acceptors (Lipinski definition) is 5. The van der Waals surface area contributed by atoms with Crippen LogP contribution in [0.4, 0.5) is 0 Å². The van der Waals surface area contributed by atoms with Gasteiger partial charge in [-0.25, -0.2) is 0 Å². The predicted molar refractivity (Wildman–Crippen MR) is 187 cm³/mol. The topological polar surface area (TPSA) is 72.8 Å². The van der Waals surface area contributed by atoms with E-state index in [0.29, 0.717) is 41.1 Å². The minimum absolute atomic E-state index is 0.0946. The third kappa shape index (κ3) is 7.13. The van der Waals surface area contributed by atoms with Crippen LogP contribution in [0.3, 0.4) is 0 Å². The van der Waals surface area contributed by atoms with Gasteiger partial charge in [-0.2, -0.15) is 11.8 Å². The third-order valence-corrected chi connectivity index (χ3v) is 10.9. The van der Waals surface area contributed by atoms with Gasteiger partial charge in [-0.3, -0.25) is 9.59 Å². The van der Waals surface area contributed by atoms with Gasteiger partial charge in [0.15, 0.2) is 0 Å². The summed E-state index contributed by atoms with van der Waals surface area (Å²) in [5.41, 5.74) is 4.30. The van der Waals surface area contributed by atoms with Crippen LogP contribution in [-0.4, -0.2) is 41.3 Å². The van der Waals surface area contributed by atoms with Crippen molar-refractivity contribution in [3.8, 4) is 0 Å². The molecule has 5 atom stereocenters. The Labute approximate surface area is 278 Å². The number of carbonyl (C=O) groups is 2. The van der Waals surface area contributed by atoms with Crippen LogP contribution >= 0.6 is 11.8 Å². The number of thioether (sulfide) groups is 1. The van der Waals surface area contributed by atoms with Gasteiger partial charge >= 0.3 is 11.9 Å². The Morgan fingerprint density at radius 1 is 0.804 bits per heavy atom. The molecule has 0 aliphatic heterocycles. The number of rotatable bonds is 14. The molecular formula is C40H48O5S. The number of ether oxygens (including phenoxy) is 2. The van der Waals surface area contributed by atoms with Crippen molar-refractivity contribution in [1.29, 1.82) is 0 Å². The van der Waals surface area contributed by atoms with Crippen LogP contribution in [-0.2, 0) is 30.1 Å². The highest BCUT2D eigenvalue weighted by Gasteiger charge is 2.59. The SMILES string of the molecule is CC(COC(C)(C)c1ccc(C2(c3ccc(C(C)C)cc3)C3C=CC=CC3C3C=CC=CC32)cc1)OC(=O)CCSCCC(=O)O. The molecule has 0 heterocycles. The molecule has 2 aromatic rings. The number of fused-ring (bicyclic) bond motifs is 3. The predicted octanol–water partition coefficient (Wildman–Crippen LogP) is 8.61. The molecule has 0 saturated heterocycles. The first-order valence-corrected chi connectivity index (χ1v) is 17.7. The Kier molecular flexibility index (Phi) is 10.8. The molecule has 46 heavy (non-hydrogen) atoms. The highest BCUT2D eigenvalue weighted by molar-refractivity contribution is 7.99. The normalized spacial score (nSPS) is 25.3. The standard InChI is InChI=1S/C40H48O5S/c1-27(2)29-14-16-31(17-15-29)40(35-12-8-6-10-33(35)34-11-7-9-13-36(34)40)32-20-18-30(19-21-32)39(4,5)44-26-28(3)45-38(43)23-25-46-24-22-37(41)42/h6-21,27-28,33-36H,22-26H2,1-5H3,(H,41,42). The largest absolute Gasteiger partial charge is 0.481 e. The zero-order valence-corrected chi connectivity index (χ0v) is 28.5. The number of carboxylic acids is 1. The molecular weight excluding hydrogens is 593 g/mol. The molecule has 1 saturated carbocycles. The minimum Gasteiger partial charge on any atom is -0.481 e. The maximum absolute atomic E-state index is 12.3. The molecule has 0 amide bonds. The average Bonchev–Trinajstić information content (AvgIpc) is 3.35. The summed E-state index contributed by atoms with van der Waals surface area (Å²) < 4.78 is 11.9. The maximum Gasteiger partial charge on any atom is 0.306 e. The van der Waals surface area contributed by atoms with E-state index in [1.165, 1.54) is 28.5 Å². The van der Waals surface area contributed by atoms with Crippen LogP contribution in [0.1, 0.15) is 75.6 Å². The van der Waals surface area contributed by atoms with Gasteiger partial charge in [0.2, 0.25) is 0 Å².